The number of unbranched alkanes of at least 4 members (excludes halogenated alkanes) is 5. The summed E-state index contributed by atoms with van der Waals surface area (Å²) >= 11 is 0. The van der Waals surface area contributed by atoms with E-state index in [4.69, 9.17) is 38.1 Å². The summed E-state index contributed by atoms with van der Waals surface area (Å²) in [5.74, 6) is 2.26. The summed E-state index contributed by atoms with van der Waals surface area (Å²) in [6.07, 6.45) is 9.09. The first kappa shape index (κ1) is 47.4. The predicted molar refractivity (Wildman–Crippen MR) is 219 cm³/mol. The Morgan fingerprint density at radius 1 is 0.685 bits per heavy atom. The Hall–Kier alpha value is -2.80. The van der Waals surface area contributed by atoms with Crippen molar-refractivity contribution in [3.05, 3.63) is 23.3 Å². The van der Waals surface area contributed by atoms with Gasteiger partial charge in [0.2, 0.25) is 23.6 Å². The number of carbonyl (C=O) groups is 4. The van der Waals surface area contributed by atoms with Crippen molar-refractivity contribution < 1.29 is 28.7 Å². The third kappa shape index (κ3) is 19.7. The number of amides is 4. The van der Waals surface area contributed by atoms with Crippen LogP contribution in [0.25, 0.3) is 0 Å². The topological polar surface area (TPSA) is 265 Å². The lowest BCUT2D eigenvalue weighted by Gasteiger charge is -2.23. The first-order valence-electron chi connectivity index (χ1n) is 19.4. The molecule has 1 heterocycles. The minimum absolute atomic E-state index is 0.0514. The van der Waals surface area contributed by atoms with Crippen molar-refractivity contribution in [3.8, 4) is 11.5 Å². The van der Waals surface area contributed by atoms with Crippen LogP contribution in [-0.4, -0.2) is 93.7 Å². The van der Waals surface area contributed by atoms with Crippen LogP contribution in [0.4, 0.5) is 0 Å². The van der Waals surface area contributed by atoms with E-state index in [2.05, 4.69) is 21.3 Å². The SMILES string of the molecule is C[C@@](N)(CCCCN)C(=O)NCCCC[C@H](N)C(=O)NCCOc1cc2c(cc1OCCNC(=O)CCCCCNC(=O)[C@@H](N)CCCCN)CSSC2. The van der Waals surface area contributed by atoms with Gasteiger partial charge in [-0.3, -0.25) is 19.2 Å². The highest BCUT2D eigenvalue weighted by Gasteiger charge is 2.27. The molecule has 0 aliphatic carbocycles. The molecular weight excluding hydrogens is 731 g/mol. The van der Waals surface area contributed by atoms with Crippen LogP contribution in [0.3, 0.4) is 0 Å². The lowest BCUT2D eigenvalue weighted by Crippen LogP contribution is -2.51. The lowest BCUT2D eigenvalue weighted by atomic mass is 9.95. The number of nitrogens with one attached hydrogen (secondary N) is 4. The van der Waals surface area contributed by atoms with Crippen LogP contribution in [0.15, 0.2) is 12.1 Å². The summed E-state index contributed by atoms with van der Waals surface area (Å²) in [5.41, 5.74) is 30.6. The van der Waals surface area contributed by atoms with Crippen LogP contribution < -0.4 is 59.4 Å². The predicted octanol–water partition coefficient (Wildman–Crippen LogP) is 1.66. The number of nitrogens with two attached hydrogens (primary N) is 5. The summed E-state index contributed by atoms with van der Waals surface area (Å²) in [5, 5.41) is 11.5. The molecule has 2 rings (SSSR count). The van der Waals surface area contributed by atoms with E-state index in [-0.39, 0.29) is 43.4 Å². The lowest BCUT2D eigenvalue weighted by molar-refractivity contribution is -0.126. The first-order valence-corrected chi connectivity index (χ1v) is 21.9. The van der Waals surface area contributed by atoms with Crippen molar-refractivity contribution in [2.45, 2.75) is 120 Å². The highest BCUT2D eigenvalue weighted by molar-refractivity contribution is 8.76. The molecule has 0 fully saturated rings. The van der Waals surface area contributed by atoms with Crippen LogP contribution in [0.2, 0.25) is 0 Å². The number of fused-ring (bicyclic) bond motifs is 1. The number of rotatable bonds is 30. The van der Waals surface area contributed by atoms with Gasteiger partial charge < -0.3 is 59.4 Å². The molecule has 3 atom stereocenters. The molecule has 0 saturated heterocycles. The van der Waals surface area contributed by atoms with E-state index in [0.29, 0.717) is 82.7 Å². The molecule has 0 spiro atoms. The molecule has 308 valence electrons. The van der Waals surface area contributed by atoms with Gasteiger partial charge in [-0.25, -0.2) is 0 Å². The van der Waals surface area contributed by atoms with Gasteiger partial charge in [-0.1, -0.05) is 34.4 Å². The molecule has 0 bridgehead atoms. The van der Waals surface area contributed by atoms with Gasteiger partial charge in [0.15, 0.2) is 11.5 Å². The Kier molecular flexibility index (Phi) is 24.3. The molecule has 0 aromatic heterocycles. The van der Waals surface area contributed by atoms with Gasteiger partial charge in [0.25, 0.3) is 0 Å². The van der Waals surface area contributed by atoms with Crippen molar-refractivity contribution in [2.24, 2.45) is 28.7 Å². The minimum atomic E-state index is -0.930. The normalized spacial score (nSPS) is 14.6. The second-order valence-corrected chi connectivity index (χ2v) is 16.4. The minimum Gasteiger partial charge on any atom is -0.488 e. The Morgan fingerprint density at radius 2 is 1.19 bits per heavy atom. The average Bonchev–Trinajstić information content (AvgIpc) is 3.15. The Balaban J connectivity index is 1.65. The van der Waals surface area contributed by atoms with Crippen LogP contribution in [0.5, 0.6) is 11.5 Å². The summed E-state index contributed by atoms with van der Waals surface area (Å²) in [7, 11) is 3.58. The zero-order valence-corrected chi connectivity index (χ0v) is 33.9. The van der Waals surface area contributed by atoms with Crippen LogP contribution >= 0.6 is 21.6 Å². The molecule has 15 nitrogen and oxygen atoms in total. The number of hydrogen-bond acceptors (Lipinski definition) is 13. The van der Waals surface area contributed by atoms with Crippen molar-refractivity contribution >= 4 is 45.2 Å². The molecule has 54 heavy (non-hydrogen) atoms. The monoisotopic (exact) mass is 797 g/mol. The smallest absolute Gasteiger partial charge is 0.239 e. The van der Waals surface area contributed by atoms with E-state index in [9.17, 15) is 19.2 Å². The van der Waals surface area contributed by atoms with Crippen LogP contribution in [0, 0.1) is 0 Å². The van der Waals surface area contributed by atoms with Gasteiger partial charge in [0, 0.05) is 31.0 Å². The maximum Gasteiger partial charge on any atom is 0.239 e. The third-order valence-corrected chi connectivity index (χ3v) is 11.3. The van der Waals surface area contributed by atoms with Crippen molar-refractivity contribution in [1.29, 1.82) is 0 Å². The van der Waals surface area contributed by atoms with E-state index in [1.165, 1.54) is 11.1 Å². The van der Waals surface area contributed by atoms with Gasteiger partial charge >= 0.3 is 0 Å². The Morgan fingerprint density at radius 3 is 1.78 bits per heavy atom. The largest absolute Gasteiger partial charge is 0.488 e. The quantitative estimate of drug-likeness (QED) is 0.0397. The second-order valence-electron chi connectivity index (χ2n) is 13.9. The van der Waals surface area contributed by atoms with E-state index in [1.807, 2.05) is 12.1 Å². The highest BCUT2D eigenvalue weighted by Crippen LogP contribution is 2.41. The van der Waals surface area contributed by atoms with Crippen molar-refractivity contribution in [1.82, 2.24) is 21.3 Å². The standard InChI is InChI=1S/C37H67N9O6S2/c1-37(42,14-6-8-16-39)36(50)46-18-10-5-12-30(41)35(49)45-20-22-52-32-24-28-26-54-53-25-27(28)23-31(32)51-21-19-43-33(47)13-3-2-9-17-44-34(48)29(40)11-4-7-15-38/h23-24,29-30H,2-22,25-26,38-42H2,1H3,(H,43,47)(H,44,48)(H,45,49)(H,46,50)/t29-,30-,37+/m0/s1. The van der Waals surface area contributed by atoms with E-state index in [1.54, 1.807) is 28.5 Å². The fourth-order valence-corrected chi connectivity index (χ4v) is 7.82. The van der Waals surface area contributed by atoms with Crippen LogP contribution in [0.1, 0.15) is 102 Å². The summed E-state index contributed by atoms with van der Waals surface area (Å²) in [6, 6.07) is 2.82. The molecule has 0 radical (unpaired) electrons. The Bertz CT molecular complexity index is 1280. The van der Waals surface area contributed by atoms with E-state index in [0.717, 1.165) is 56.5 Å². The van der Waals surface area contributed by atoms with Gasteiger partial charge in [0.05, 0.1) is 30.7 Å². The molecule has 4 amide bonds. The third-order valence-electron chi connectivity index (χ3n) is 9.04. The van der Waals surface area contributed by atoms with E-state index < -0.39 is 17.6 Å². The van der Waals surface area contributed by atoms with Gasteiger partial charge in [0.1, 0.15) is 13.2 Å². The fourth-order valence-electron chi connectivity index (χ4n) is 5.60. The summed E-state index contributed by atoms with van der Waals surface area (Å²) in [4.78, 5) is 49.4. The number of benzene rings is 1. The summed E-state index contributed by atoms with van der Waals surface area (Å²) < 4.78 is 12.1. The Labute approximate surface area is 329 Å². The molecule has 0 saturated carbocycles. The van der Waals surface area contributed by atoms with Crippen molar-refractivity contribution in [3.63, 3.8) is 0 Å². The van der Waals surface area contributed by atoms with Gasteiger partial charge in [-0.2, -0.15) is 0 Å². The molecule has 1 aromatic carbocycles. The molecule has 17 heteroatoms. The number of ether oxygens (including phenoxy) is 2. The molecule has 1 aliphatic rings. The van der Waals surface area contributed by atoms with Gasteiger partial charge in [-0.05, 0) is 107 Å². The maximum atomic E-state index is 12.6. The molecule has 0 unspecified atom stereocenters. The van der Waals surface area contributed by atoms with Crippen LogP contribution in [-0.2, 0) is 30.7 Å². The average molecular weight is 798 g/mol. The zero-order valence-electron chi connectivity index (χ0n) is 32.2. The molecular formula is C37H67N9O6S2. The van der Waals surface area contributed by atoms with Crippen molar-refractivity contribution in [2.75, 3.05) is 52.5 Å². The second kappa shape index (κ2) is 27.7. The maximum absolute atomic E-state index is 12.6. The van der Waals surface area contributed by atoms with E-state index >= 15 is 0 Å². The zero-order chi connectivity index (χ0) is 39.6. The summed E-state index contributed by atoms with van der Waals surface area (Å²) in [6.45, 7) is 5.03. The molecule has 14 N–H and O–H groups in total. The fraction of sp³-hybridized carbons (Fsp3) is 0.730. The van der Waals surface area contributed by atoms with Gasteiger partial charge in [-0.15, -0.1) is 0 Å². The first-order chi connectivity index (χ1) is 26.0. The number of hydrogen-bond donors (Lipinski definition) is 9. The highest BCUT2D eigenvalue weighted by atomic mass is 33.1. The molecule has 1 aliphatic heterocycles. The molecule has 1 aromatic rings. The number of carbonyl (C=O) groups excluding carboxylic acids is 4.